The van der Waals surface area contributed by atoms with E-state index in [0.717, 1.165) is 0 Å². The molecule has 1 rings (SSSR count). The maximum atomic E-state index is 11.6. The first-order valence-corrected chi connectivity index (χ1v) is 2.33. The van der Waals surface area contributed by atoms with Gasteiger partial charge in [0, 0.05) is 6.07 Å². The van der Waals surface area contributed by atoms with E-state index in [2.05, 4.69) is 9.68 Å². The van der Waals surface area contributed by atoms with E-state index in [1.54, 1.807) is 0 Å². The van der Waals surface area contributed by atoms with Crippen LogP contribution in [-0.2, 0) is 6.67 Å². The van der Waals surface area contributed by atoms with Crippen molar-refractivity contribution in [1.82, 2.24) is 5.16 Å². The van der Waals surface area contributed by atoms with Gasteiger partial charge in [0.15, 0.2) is 12.0 Å². The molecule has 1 heterocycles. The zero-order valence-electron chi connectivity index (χ0n) is 4.50. The third-order valence-electron chi connectivity index (χ3n) is 0.830. The Labute approximate surface area is 50.5 Å². The number of hydrogen-bond donors (Lipinski definition) is 0. The van der Waals surface area contributed by atoms with Gasteiger partial charge in [-0.1, -0.05) is 5.16 Å². The minimum absolute atomic E-state index is 0.0806. The zero-order chi connectivity index (χ0) is 6.69. The maximum absolute atomic E-state index is 11.6. The van der Waals surface area contributed by atoms with Crippen molar-refractivity contribution in [2.24, 2.45) is 0 Å². The molecule has 0 atom stereocenters. The van der Waals surface area contributed by atoms with Crippen molar-refractivity contribution >= 4 is 6.29 Å². The molecule has 0 spiro atoms. The Balaban J connectivity index is 2.86. The highest BCUT2D eigenvalue weighted by molar-refractivity contribution is 5.71. The van der Waals surface area contributed by atoms with E-state index in [-0.39, 0.29) is 11.5 Å². The fourth-order valence-electron chi connectivity index (χ4n) is 0.447. The molecular formula is C5H4FNO2. The predicted molar refractivity (Wildman–Crippen MR) is 26.7 cm³/mol. The van der Waals surface area contributed by atoms with Gasteiger partial charge in [-0.2, -0.15) is 0 Å². The molecule has 0 saturated heterocycles. The molecule has 0 bridgehead atoms. The second-order valence-electron chi connectivity index (χ2n) is 1.47. The first-order chi connectivity index (χ1) is 4.36. The monoisotopic (exact) mass is 129 g/mol. The average molecular weight is 129 g/mol. The summed E-state index contributed by atoms with van der Waals surface area (Å²) in [6, 6.07) is 1.26. The molecule has 0 fully saturated rings. The summed E-state index contributed by atoms with van der Waals surface area (Å²) in [5, 5.41) is 3.22. The standard InChI is InChI=1S/C5H4FNO2/c6-2-5-1-4(3-8)7-9-5/h1,3H,2H2. The number of aromatic nitrogens is 1. The van der Waals surface area contributed by atoms with Gasteiger partial charge in [0.05, 0.1) is 0 Å². The molecule has 9 heavy (non-hydrogen) atoms. The topological polar surface area (TPSA) is 43.1 Å². The molecule has 0 N–H and O–H groups in total. The second kappa shape index (κ2) is 2.39. The largest absolute Gasteiger partial charge is 0.358 e. The molecule has 0 aliphatic carbocycles. The van der Waals surface area contributed by atoms with Crippen LogP contribution in [0.25, 0.3) is 0 Å². The van der Waals surface area contributed by atoms with Crippen LogP contribution in [0, 0.1) is 0 Å². The number of rotatable bonds is 2. The molecule has 48 valence electrons. The smallest absolute Gasteiger partial charge is 0.171 e. The Kier molecular flexibility index (Phi) is 1.58. The highest BCUT2D eigenvalue weighted by Crippen LogP contribution is 2.01. The summed E-state index contributed by atoms with van der Waals surface area (Å²) in [4.78, 5) is 9.89. The average Bonchev–Trinajstić information content (AvgIpc) is 2.34. The molecule has 0 aliphatic heterocycles. The van der Waals surface area contributed by atoms with E-state index in [1.807, 2.05) is 0 Å². The van der Waals surface area contributed by atoms with Crippen molar-refractivity contribution in [3.63, 3.8) is 0 Å². The van der Waals surface area contributed by atoms with Crippen molar-refractivity contribution in [2.75, 3.05) is 0 Å². The molecular weight excluding hydrogens is 125 g/mol. The van der Waals surface area contributed by atoms with E-state index in [4.69, 9.17) is 0 Å². The van der Waals surface area contributed by atoms with Crippen LogP contribution in [0.5, 0.6) is 0 Å². The van der Waals surface area contributed by atoms with Crippen molar-refractivity contribution in [2.45, 2.75) is 6.67 Å². The lowest BCUT2D eigenvalue weighted by molar-refractivity contribution is 0.111. The normalized spacial score (nSPS) is 9.44. The number of nitrogens with zero attached hydrogens (tertiary/aromatic N) is 1. The Hall–Kier alpha value is -1.19. The number of carbonyl (C=O) groups excluding carboxylic acids is 1. The van der Waals surface area contributed by atoms with Crippen molar-refractivity contribution in [3.05, 3.63) is 17.5 Å². The SMILES string of the molecule is O=Cc1cc(CF)on1. The van der Waals surface area contributed by atoms with Crippen molar-refractivity contribution < 1.29 is 13.7 Å². The van der Waals surface area contributed by atoms with Gasteiger partial charge in [-0.15, -0.1) is 0 Å². The second-order valence-corrected chi connectivity index (χ2v) is 1.47. The summed E-state index contributed by atoms with van der Waals surface area (Å²) in [5.41, 5.74) is 0.127. The Morgan fingerprint density at radius 3 is 3.00 bits per heavy atom. The highest BCUT2D eigenvalue weighted by atomic mass is 19.1. The fourth-order valence-corrected chi connectivity index (χ4v) is 0.447. The summed E-state index contributed by atoms with van der Waals surface area (Å²) >= 11 is 0. The summed E-state index contributed by atoms with van der Waals surface area (Å²) in [5.74, 6) is 0.0806. The van der Waals surface area contributed by atoms with Gasteiger partial charge in [-0.05, 0) is 0 Å². The molecule has 4 heteroatoms. The summed E-state index contributed by atoms with van der Waals surface area (Å²) < 4.78 is 16.0. The number of alkyl halides is 1. The lowest BCUT2D eigenvalue weighted by Crippen LogP contribution is -1.73. The molecule has 3 nitrogen and oxygen atoms in total. The number of carbonyl (C=O) groups is 1. The molecule has 0 amide bonds. The number of hydrogen-bond acceptors (Lipinski definition) is 3. The van der Waals surface area contributed by atoms with Crippen LogP contribution in [-0.4, -0.2) is 11.4 Å². The first kappa shape index (κ1) is 5.94. The van der Waals surface area contributed by atoms with Crippen molar-refractivity contribution in [1.29, 1.82) is 0 Å². The van der Waals surface area contributed by atoms with Gasteiger partial charge >= 0.3 is 0 Å². The minimum atomic E-state index is -0.721. The fraction of sp³-hybridized carbons (Fsp3) is 0.200. The summed E-state index contributed by atoms with van der Waals surface area (Å²) in [6.07, 6.45) is 0.503. The lowest BCUT2D eigenvalue weighted by atomic mass is 10.4. The van der Waals surface area contributed by atoms with E-state index in [1.165, 1.54) is 6.07 Å². The summed E-state index contributed by atoms with van der Waals surface area (Å²) in [6.45, 7) is -0.721. The Morgan fingerprint density at radius 1 is 1.89 bits per heavy atom. The van der Waals surface area contributed by atoms with Crippen LogP contribution in [0.4, 0.5) is 4.39 Å². The van der Waals surface area contributed by atoms with Crippen molar-refractivity contribution in [3.8, 4) is 0 Å². The molecule has 0 aromatic carbocycles. The summed E-state index contributed by atoms with van der Waals surface area (Å²) in [7, 11) is 0. The van der Waals surface area contributed by atoms with Crippen LogP contribution in [0.15, 0.2) is 10.6 Å². The van der Waals surface area contributed by atoms with E-state index in [9.17, 15) is 9.18 Å². The lowest BCUT2D eigenvalue weighted by Gasteiger charge is -1.73. The van der Waals surface area contributed by atoms with Gasteiger partial charge < -0.3 is 4.52 Å². The van der Waals surface area contributed by atoms with Crippen LogP contribution in [0.3, 0.4) is 0 Å². The van der Waals surface area contributed by atoms with E-state index < -0.39 is 6.67 Å². The van der Waals surface area contributed by atoms with Crippen LogP contribution < -0.4 is 0 Å². The molecule has 0 saturated carbocycles. The zero-order valence-corrected chi connectivity index (χ0v) is 4.50. The Morgan fingerprint density at radius 2 is 2.67 bits per heavy atom. The third-order valence-corrected chi connectivity index (χ3v) is 0.830. The van der Waals surface area contributed by atoms with Gasteiger partial charge in [0.1, 0.15) is 12.4 Å². The first-order valence-electron chi connectivity index (χ1n) is 2.33. The third kappa shape index (κ3) is 1.13. The Bertz CT molecular complexity index is 208. The number of halogens is 1. The van der Waals surface area contributed by atoms with Crippen LogP contribution >= 0.6 is 0 Å². The minimum Gasteiger partial charge on any atom is -0.358 e. The number of aldehydes is 1. The quantitative estimate of drug-likeness (QED) is 0.558. The van der Waals surface area contributed by atoms with E-state index in [0.29, 0.717) is 6.29 Å². The molecule has 0 radical (unpaired) electrons. The van der Waals surface area contributed by atoms with E-state index >= 15 is 0 Å². The maximum Gasteiger partial charge on any atom is 0.171 e. The van der Waals surface area contributed by atoms with Gasteiger partial charge in [-0.25, -0.2) is 4.39 Å². The van der Waals surface area contributed by atoms with Gasteiger partial charge in [-0.3, -0.25) is 4.79 Å². The molecule has 0 unspecified atom stereocenters. The van der Waals surface area contributed by atoms with Crippen LogP contribution in [0.1, 0.15) is 16.2 Å². The van der Waals surface area contributed by atoms with Gasteiger partial charge in [0.25, 0.3) is 0 Å². The van der Waals surface area contributed by atoms with Gasteiger partial charge in [0.2, 0.25) is 0 Å². The molecule has 1 aromatic rings. The predicted octanol–water partition coefficient (Wildman–Crippen LogP) is 0.957. The highest BCUT2D eigenvalue weighted by Gasteiger charge is 1.99. The molecule has 0 aliphatic rings. The van der Waals surface area contributed by atoms with Crippen LogP contribution in [0.2, 0.25) is 0 Å². The molecule has 1 aromatic heterocycles.